The van der Waals surface area contributed by atoms with Gasteiger partial charge in [-0.15, -0.1) is 0 Å². The van der Waals surface area contributed by atoms with E-state index >= 15 is 0 Å². The van der Waals surface area contributed by atoms with Crippen LogP contribution in [-0.2, 0) is 20.6 Å². The smallest absolute Gasteiger partial charge is 0.178 e. The predicted molar refractivity (Wildman–Crippen MR) is 76.2 cm³/mol. The minimum absolute atomic E-state index is 0.113. The summed E-state index contributed by atoms with van der Waals surface area (Å²) in [4.78, 5) is 0.352. The normalized spacial score (nSPS) is 13.2. The first-order valence-corrected chi connectivity index (χ1v) is 9.20. The highest BCUT2D eigenvalue weighted by atomic mass is 32.2. The summed E-state index contributed by atoms with van der Waals surface area (Å²) in [6.45, 7) is 2.37. The second kappa shape index (κ2) is 6.89. The molecule has 4 nitrogen and oxygen atoms in total. The molecule has 0 aliphatic rings. The summed E-state index contributed by atoms with van der Waals surface area (Å²) in [6, 6.07) is 6.73. The Labute approximate surface area is 111 Å². The van der Waals surface area contributed by atoms with Gasteiger partial charge in [-0.1, -0.05) is 6.92 Å². The van der Waals surface area contributed by atoms with Crippen LogP contribution in [0.4, 0.5) is 5.69 Å². The Hall–Kier alpha value is -0.880. The Morgan fingerprint density at radius 3 is 2.33 bits per heavy atom. The second-order valence-electron chi connectivity index (χ2n) is 3.99. The Kier molecular flexibility index (Phi) is 5.81. The van der Waals surface area contributed by atoms with Crippen LogP contribution in [0.3, 0.4) is 0 Å². The highest BCUT2D eigenvalue weighted by Gasteiger charge is 2.10. The lowest BCUT2D eigenvalue weighted by Gasteiger charge is -2.07. The van der Waals surface area contributed by atoms with E-state index in [4.69, 9.17) is 0 Å². The van der Waals surface area contributed by atoms with E-state index in [9.17, 15) is 12.6 Å². The third kappa shape index (κ3) is 4.78. The van der Waals surface area contributed by atoms with Gasteiger partial charge in [-0.2, -0.15) is 0 Å². The minimum atomic E-state index is -3.12. The lowest BCUT2D eigenvalue weighted by Crippen LogP contribution is -2.07. The van der Waals surface area contributed by atoms with Crippen molar-refractivity contribution in [3.63, 3.8) is 0 Å². The standard InChI is InChI=1S/C12H19NO3S2/c1-3-18(15,16)12-7-5-11(6-8-12)13-9-4-10-17(2)14/h5-8,13H,3-4,9-10H2,1-2H3. The second-order valence-corrected chi connectivity index (χ2v) is 7.82. The topological polar surface area (TPSA) is 63.2 Å². The molecule has 0 radical (unpaired) electrons. The molecule has 1 aromatic carbocycles. The largest absolute Gasteiger partial charge is 0.385 e. The van der Waals surface area contributed by atoms with Crippen molar-refractivity contribution in [2.24, 2.45) is 0 Å². The molecular weight excluding hydrogens is 270 g/mol. The summed E-state index contributed by atoms with van der Waals surface area (Å²) in [7, 11) is -3.88. The van der Waals surface area contributed by atoms with Crippen molar-refractivity contribution in [2.75, 3.05) is 29.6 Å². The van der Waals surface area contributed by atoms with Gasteiger partial charge in [-0.05, 0) is 30.7 Å². The van der Waals surface area contributed by atoms with Gasteiger partial charge in [0.05, 0.1) is 10.6 Å². The van der Waals surface area contributed by atoms with Crippen LogP contribution >= 0.6 is 0 Å². The Balaban J connectivity index is 2.53. The van der Waals surface area contributed by atoms with E-state index in [2.05, 4.69) is 5.32 Å². The van der Waals surface area contributed by atoms with Gasteiger partial charge in [0, 0.05) is 35.0 Å². The first-order valence-electron chi connectivity index (χ1n) is 5.82. The number of anilines is 1. The zero-order chi connectivity index (χ0) is 13.6. The molecule has 0 spiro atoms. The van der Waals surface area contributed by atoms with Gasteiger partial charge >= 0.3 is 0 Å². The highest BCUT2D eigenvalue weighted by molar-refractivity contribution is 7.91. The van der Waals surface area contributed by atoms with E-state index in [1.54, 1.807) is 37.4 Å². The molecule has 1 N–H and O–H groups in total. The number of nitrogens with one attached hydrogen (secondary N) is 1. The highest BCUT2D eigenvalue weighted by Crippen LogP contribution is 2.15. The summed E-state index contributed by atoms with van der Waals surface area (Å²) >= 11 is 0. The first kappa shape index (κ1) is 15.2. The molecule has 0 bridgehead atoms. The number of sulfone groups is 1. The molecule has 0 fully saturated rings. The first-order chi connectivity index (χ1) is 8.45. The molecule has 0 aliphatic heterocycles. The quantitative estimate of drug-likeness (QED) is 0.775. The van der Waals surface area contributed by atoms with Crippen molar-refractivity contribution in [3.8, 4) is 0 Å². The average Bonchev–Trinajstić information content (AvgIpc) is 2.35. The van der Waals surface area contributed by atoms with Gasteiger partial charge in [0.15, 0.2) is 9.84 Å². The van der Waals surface area contributed by atoms with Crippen LogP contribution in [0, 0.1) is 0 Å². The molecule has 0 saturated heterocycles. The molecule has 18 heavy (non-hydrogen) atoms. The molecule has 0 saturated carbocycles. The lowest BCUT2D eigenvalue weighted by molar-refractivity contribution is 0.597. The third-order valence-corrected chi connectivity index (χ3v) is 5.15. The van der Waals surface area contributed by atoms with Crippen molar-refractivity contribution in [3.05, 3.63) is 24.3 Å². The number of benzene rings is 1. The number of hydrogen-bond acceptors (Lipinski definition) is 4. The summed E-state index contributed by atoms with van der Waals surface area (Å²) in [6.07, 6.45) is 2.52. The van der Waals surface area contributed by atoms with Crippen molar-refractivity contribution < 1.29 is 12.6 Å². The minimum Gasteiger partial charge on any atom is -0.385 e. The van der Waals surface area contributed by atoms with Crippen molar-refractivity contribution in [1.29, 1.82) is 0 Å². The molecule has 1 unspecified atom stereocenters. The van der Waals surface area contributed by atoms with Crippen molar-refractivity contribution >= 4 is 26.3 Å². The molecule has 1 aromatic rings. The Bertz CT molecular complexity index is 495. The van der Waals surface area contributed by atoms with E-state index in [1.807, 2.05) is 0 Å². The third-order valence-electron chi connectivity index (χ3n) is 2.53. The zero-order valence-corrected chi connectivity index (χ0v) is 12.3. The van der Waals surface area contributed by atoms with E-state index < -0.39 is 20.6 Å². The van der Waals surface area contributed by atoms with E-state index in [0.29, 0.717) is 10.6 Å². The van der Waals surface area contributed by atoms with Gasteiger partial charge in [0.25, 0.3) is 0 Å². The van der Waals surface area contributed by atoms with Crippen molar-refractivity contribution in [2.45, 2.75) is 18.2 Å². The summed E-state index contributed by atoms with van der Waals surface area (Å²) < 4.78 is 34.0. The van der Waals surface area contributed by atoms with Crippen LogP contribution in [0.2, 0.25) is 0 Å². The molecule has 0 amide bonds. The van der Waals surface area contributed by atoms with Crippen LogP contribution in [0.25, 0.3) is 0 Å². The van der Waals surface area contributed by atoms with Gasteiger partial charge in [0.1, 0.15) is 0 Å². The molecule has 1 rings (SSSR count). The van der Waals surface area contributed by atoms with Crippen LogP contribution in [0.1, 0.15) is 13.3 Å². The fourth-order valence-corrected chi connectivity index (χ4v) is 2.89. The van der Waals surface area contributed by atoms with Crippen molar-refractivity contribution in [1.82, 2.24) is 0 Å². The van der Waals surface area contributed by atoms with Crippen LogP contribution < -0.4 is 5.32 Å². The van der Waals surface area contributed by atoms with Crippen LogP contribution in [0.5, 0.6) is 0 Å². The number of hydrogen-bond donors (Lipinski definition) is 1. The zero-order valence-electron chi connectivity index (χ0n) is 10.7. The summed E-state index contributed by atoms with van der Waals surface area (Å²) in [5.41, 5.74) is 0.881. The molecule has 6 heteroatoms. The van der Waals surface area contributed by atoms with Gasteiger partial charge < -0.3 is 5.32 Å². The maximum absolute atomic E-state index is 11.6. The van der Waals surface area contributed by atoms with E-state index in [1.165, 1.54) is 0 Å². The Morgan fingerprint density at radius 1 is 1.22 bits per heavy atom. The fraction of sp³-hybridized carbons (Fsp3) is 0.500. The fourth-order valence-electron chi connectivity index (χ4n) is 1.45. The molecule has 1 atom stereocenters. The molecule has 0 aromatic heterocycles. The summed E-state index contributed by atoms with van der Waals surface area (Å²) in [5, 5.41) is 3.17. The van der Waals surface area contributed by atoms with Gasteiger partial charge in [0.2, 0.25) is 0 Å². The molecule has 0 heterocycles. The molecule has 102 valence electrons. The molecular formula is C12H19NO3S2. The Morgan fingerprint density at radius 2 is 1.83 bits per heavy atom. The number of rotatable bonds is 7. The van der Waals surface area contributed by atoms with Crippen LogP contribution in [-0.4, -0.2) is 36.9 Å². The monoisotopic (exact) mass is 289 g/mol. The predicted octanol–water partition coefficient (Wildman–Crippen LogP) is 1.66. The SMILES string of the molecule is CCS(=O)(=O)c1ccc(NCCCS(C)=O)cc1. The van der Waals surface area contributed by atoms with Gasteiger partial charge in [-0.3, -0.25) is 4.21 Å². The van der Waals surface area contributed by atoms with E-state index in [-0.39, 0.29) is 5.75 Å². The lowest BCUT2D eigenvalue weighted by atomic mass is 10.3. The van der Waals surface area contributed by atoms with Crippen LogP contribution in [0.15, 0.2) is 29.2 Å². The van der Waals surface area contributed by atoms with E-state index in [0.717, 1.165) is 18.7 Å². The van der Waals surface area contributed by atoms with Gasteiger partial charge in [-0.25, -0.2) is 8.42 Å². The maximum atomic E-state index is 11.6. The maximum Gasteiger partial charge on any atom is 0.178 e. The molecule has 0 aliphatic carbocycles. The summed E-state index contributed by atoms with van der Waals surface area (Å²) in [5.74, 6) is 0.789. The average molecular weight is 289 g/mol.